The molecule has 0 radical (unpaired) electrons. The zero-order valence-electron chi connectivity index (χ0n) is 18.0. The van der Waals surface area contributed by atoms with Gasteiger partial charge in [0.05, 0.1) is 5.69 Å². The highest BCUT2D eigenvalue weighted by molar-refractivity contribution is 8.15. The summed E-state index contributed by atoms with van der Waals surface area (Å²) in [5.41, 5.74) is 1.32. The van der Waals surface area contributed by atoms with E-state index in [0.29, 0.717) is 0 Å². The summed E-state index contributed by atoms with van der Waals surface area (Å²) in [5.74, 6) is 0. The van der Waals surface area contributed by atoms with E-state index in [9.17, 15) is 0 Å². The molecule has 28 heavy (non-hydrogen) atoms. The third kappa shape index (κ3) is 3.95. The zero-order valence-corrected chi connectivity index (χ0v) is 20.6. The van der Waals surface area contributed by atoms with Crippen LogP contribution in [-0.4, -0.2) is 63.0 Å². The molecule has 0 saturated heterocycles. The van der Waals surface area contributed by atoms with Crippen LogP contribution in [0.4, 0.5) is 5.69 Å². The van der Waals surface area contributed by atoms with E-state index in [1.165, 1.54) is 10.6 Å². The summed E-state index contributed by atoms with van der Waals surface area (Å²) in [5, 5.41) is 6.41. The molecule has 2 aliphatic heterocycles. The number of hydrogen-bond acceptors (Lipinski definition) is 7. The third-order valence-electron chi connectivity index (χ3n) is 5.10. The number of hydrazone groups is 1. The van der Waals surface area contributed by atoms with Gasteiger partial charge in [0.25, 0.3) is 0 Å². The summed E-state index contributed by atoms with van der Waals surface area (Å²) >= 11 is 1.82. The van der Waals surface area contributed by atoms with Crippen LogP contribution < -0.4 is 4.67 Å². The van der Waals surface area contributed by atoms with Crippen molar-refractivity contribution in [3.05, 3.63) is 24.3 Å². The van der Waals surface area contributed by atoms with Crippen LogP contribution in [0.3, 0.4) is 0 Å². The molecule has 0 aromatic heterocycles. The van der Waals surface area contributed by atoms with E-state index in [-0.39, 0.29) is 0 Å². The molecule has 0 spiro atoms. The van der Waals surface area contributed by atoms with Crippen molar-refractivity contribution in [2.24, 2.45) is 5.10 Å². The Kier molecular flexibility index (Phi) is 8.00. The fourth-order valence-electron chi connectivity index (χ4n) is 3.58. The van der Waals surface area contributed by atoms with Crippen molar-refractivity contribution in [1.29, 1.82) is 0 Å². The Balaban J connectivity index is 2.06. The number of thioether (sulfide) groups is 1. The molecule has 1 atom stereocenters. The molecule has 0 aliphatic carbocycles. The van der Waals surface area contributed by atoms with Crippen molar-refractivity contribution in [1.82, 2.24) is 18.6 Å². The van der Waals surface area contributed by atoms with Crippen molar-refractivity contribution >= 4 is 39.4 Å². The smallest absolute Gasteiger partial charge is 0.208 e. The molecule has 9 heteroatoms. The van der Waals surface area contributed by atoms with Crippen LogP contribution in [0.15, 0.2) is 34.3 Å². The van der Waals surface area contributed by atoms with Gasteiger partial charge >= 0.3 is 0 Å². The lowest BCUT2D eigenvalue weighted by atomic mass is 10.3. The van der Waals surface area contributed by atoms with Gasteiger partial charge in [-0.3, -0.25) is 14.0 Å². The molecule has 0 fully saturated rings. The molecule has 0 saturated carbocycles. The van der Waals surface area contributed by atoms with Crippen molar-refractivity contribution in [3.63, 3.8) is 0 Å². The number of anilines is 1. The molecule has 3 rings (SSSR count). The zero-order chi connectivity index (χ0) is 20.3. The van der Waals surface area contributed by atoms with Crippen LogP contribution in [0.1, 0.15) is 41.5 Å². The molecule has 1 aromatic rings. The van der Waals surface area contributed by atoms with E-state index in [2.05, 4.69) is 89.0 Å². The first kappa shape index (κ1) is 22.3. The standard InChI is InChI=1S/C19H34N6P2S/c1-7-21(8-2)26(22(9-3)10-4)25-20-19-24(27(25)23(11-5)12-6)17-15-13-14-16-18(17)28-19/h13-16H,7-12H2,1-6H3. The minimum absolute atomic E-state index is 0.642. The maximum absolute atomic E-state index is 5.27. The van der Waals surface area contributed by atoms with Crippen molar-refractivity contribution in [2.75, 3.05) is 43.9 Å². The first-order valence-corrected chi connectivity index (χ1v) is 13.7. The SMILES string of the molecule is CCN(CC)P(N(CC)CC)N1N=C2Sc3ccccc3N2P1N(CC)CC. The van der Waals surface area contributed by atoms with Gasteiger partial charge in [0.1, 0.15) is 0 Å². The summed E-state index contributed by atoms with van der Waals surface area (Å²) in [6.07, 6.45) is 0. The molecule has 0 bridgehead atoms. The van der Waals surface area contributed by atoms with E-state index in [4.69, 9.17) is 5.10 Å². The summed E-state index contributed by atoms with van der Waals surface area (Å²) in [6, 6.07) is 8.76. The van der Waals surface area contributed by atoms with Gasteiger partial charge in [0.15, 0.2) is 13.5 Å². The molecule has 6 nitrogen and oxygen atoms in total. The summed E-state index contributed by atoms with van der Waals surface area (Å²) in [4.78, 5) is 1.33. The van der Waals surface area contributed by atoms with Gasteiger partial charge in [0.2, 0.25) is 8.37 Å². The van der Waals surface area contributed by atoms with Gasteiger partial charge in [-0.1, -0.05) is 53.7 Å². The molecule has 1 unspecified atom stereocenters. The number of nitrogens with zero attached hydrogens (tertiary/aromatic N) is 6. The van der Waals surface area contributed by atoms with Gasteiger partial charge < -0.3 is 0 Å². The van der Waals surface area contributed by atoms with Crippen LogP contribution in [0.2, 0.25) is 0 Å². The lowest BCUT2D eigenvalue weighted by Gasteiger charge is -2.45. The van der Waals surface area contributed by atoms with Crippen LogP contribution in [-0.2, 0) is 0 Å². The second-order valence-corrected chi connectivity index (χ2v) is 11.7. The molecule has 0 amide bonds. The number of benzene rings is 1. The molecule has 0 N–H and O–H groups in total. The average molecular weight is 441 g/mol. The highest BCUT2D eigenvalue weighted by Crippen LogP contribution is 2.69. The average Bonchev–Trinajstić information content (AvgIpc) is 3.26. The molecular weight excluding hydrogens is 406 g/mol. The predicted octanol–water partition coefficient (Wildman–Crippen LogP) is 5.66. The lowest BCUT2D eigenvalue weighted by molar-refractivity contribution is 0.387. The fourth-order valence-corrected chi connectivity index (χ4v) is 10.7. The first-order valence-electron chi connectivity index (χ1n) is 10.4. The Morgan fingerprint density at radius 1 is 0.893 bits per heavy atom. The van der Waals surface area contributed by atoms with Gasteiger partial charge in [0, 0.05) is 44.2 Å². The monoisotopic (exact) mass is 440 g/mol. The van der Waals surface area contributed by atoms with E-state index >= 15 is 0 Å². The van der Waals surface area contributed by atoms with Crippen molar-refractivity contribution in [2.45, 2.75) is 46.4 Å². The van der Waals surface area contributed by atoms with E-state index < -0.39 is 16.7 Å². The Morgan fingerprint density at radius 3 is 2.00 bits per heavy atom. The van der Waals surface area contributed by atoms with E-state index in [1.54, 1.807) is 0 Å². The topological polar surface area (TPSA) is 28.6 Å². The van der Waals surface area contributed by atoms with Crippen molar-refractivity contribution < 1.29 is 0 Å². The fraction of sp³-hybridized carbons (Fsp3) is 0.632. The largest absolute Gasteiger partial charge is 0.264 e. The van der Waals surface area contributed by atoms with Gasteiger partial charge in [-0.05, 0) is 23.9 Å². The minimum Gasteiger partial charge on any atom is -0.264 e. The maximum atomic E-state index is 5.27. The quantitative estimate of drug-likeness (QED) is 0.436. The predicted molar refractivity (Wildman–Crippen MR) is 127 cm³/mol. The second-order valence-electron chi connectivity index (χ2n) is 6.49. The van der Waals surface area contributed by atoms with Gasteiger partial charge in [-0.15, -0.1) is 5.10 Å². The molecule has 2 aliphatic rings. The normalized spacial score (nSPS) is 18.6. The number of hydrogen-bond donors (Lipinski definition) is 0. The summed E-state index contributed by atoms with van der Waals surface area (Å²) in [6.45, 7) is 19.9. The highest BCUT2D eigenvalue weighted by atomic mass is 32.2. The third-order valence-corrected chi connectivity index (χ3v) is 12.0. The van der Waals surface area contributed by atoms with Gasteiger partial charge in [-0.2, -0.15) is 4.55 Å². The number of rotatable bonds is 10. The Hall–Kier alpha value is -0.420. The van der Waals surface area contributed by atoms with Crippen LogP contribution in [0.25, 0.3) is 0 Å². The Bertz CT molecular complexity index is 666. The molecule has 2 heterocycles. The first-order chi connectivity index (χ1) is 13.6. The minimum atomic E-state index is -0.705. The molecule has 156 valence electrons. The Labute approximate surface area is 177 Å². The van der Waals surface area contributed by atoms with Gasteiger partial charge in [-0.25, -0.2) is 4.67 Å². The number of para-hydroxylation sites is 1. The van der Waals surface area contributed by atoms with Crippen LogP contribution in [0.5, 0.6) is 0 Å². The van der Waals surface area contributed by atoms with Crippen LogP contribution in [0, 0.1) is 0 Å². The summed E-state index contributed by atoms with van der Waals surface area (Å²) in [7, 11) is -1.35. The second kappa shape index (κ2) is 10.1. The van der Waals surface area contributed by atoms with Crippen LogP contribution >= 0.6 is 28.5 Å². The van der Waals surface area contributed by atoms with E-state index in [0.717, 1.165) is 44.4 Å². The Morgan fingerprint density at radius 2 is 1.46 bits per heavy atom. The lowest BCUT2D eigenvalue weighted by Crippen LogP contribution is -2.37. The summed E-state index contributed by atoms with van der Waals surface area (Å²) < 4.78 is 12.8. The highest BCUT2D eigenvalue weighted by Gasteiger charge is 2.49. The number of amidine groups is 1. The molecular formula is C19H34N6P2S. The van der Waals surface area contributed by atoms with Crippen molar-refractivity contribution in [3.8, 4) is 0 Å². The number of fused-ring (bicyclic) bond motifs is 3. The molecule has 1 aromatic carbocycles. The van der Waals surface area contributed by atoms with E-state index in [1.807, 2.05) is 11.8 Å². The maximum Gasteiger partial charge on any atom is 0.208 e.